The van der Waals surface area contributed by atoms with Crippen LogP contribution in [0.15, 0.2) is 58.5 Å². The van der Waals surface area contributed by atoms with Gasteiger partial charge in [-0.15, -0.1) is 0 Å². The zero-order valence-electron chi connectivity index (χ0n) is 12.3. The summed E-state index contributed by atoms with van der Waals surface area (Å²) in [6.45, 7) is -0.0220. The monoisotopic (exact) mass is 330 g/mol. The summed E-state index contributed by atoms with van der Waals surface area (Å²) in [7, 11) is -2.15. The molecule has 23 heavy (non-hydrogen) atoms. The highest BCUT2D eigenvalue weighted by Crippen LogP contribution is 2.14. The second-order valence-electron chi connectivity index (χ2n) is 4.93. The zero-order valence-corrected chi connectivity index (χ0v) is 13.1. The molecule has 0 unspecified atom stereocenters. The molecule has 1 N–H and O–H groups in total. The van der Waals surface area contributed by atoms with Crippen LogP contribution in [0.25, 0.3) is 10.8 Å². The van der Waals surface area contributed by atoms with Crippen molar-refractivity contribution in [2.24, 2.45) is 7.05 Å². The van der Waals surface area contributed by atoms with E-state index in [9.17, 15) is 13.2 Å². The number of aryl methyl sites for hydroxylation is 1. The van der Waals surface area contributed by atoms with Crippen molar-refractivity contribution in [2.45, 2.75) is 11.4 Å². The van der Waals surface area contributed by atoms with Crippen molar-refractivity contribution in [3.05, 3.63) is 64.8 Å². The molecule has 0 bridgehead atoms. The lowest BCUT2D eigenvalue weighted by Crippen LogP contribution is -2.27. The fourth-order valence-corrected chi connectivity index (χ4v) is 3.21. The number of aromatic nitrogens is 3. The highest BCUT2D eigenvalue weighted by molar-refractivity contribution is 7.89. The Labute approximate surface area is 132 Å². The highest BCUT2D eigenvalue weighted by Gasteiger charge is 2.16. The molecule has 0 aliphatic heterocycles. The van der Waals surface area contributed by atoms with Crippen LogP contribution in [-0.4, -0.2) is 23.2 Å². The van der Waals surface area contributed by atoms with Crippen molar-refractivity contribution in [2.75, 3.05) is 0 Å². The average Bonchev–Trinajstić information content (AvgIpc) is 2.58. The summed E-state index contributed by atoms with van der Waals surface area (Å²) >= 11 is 0. The van der Waals surface area contributed by atoms with E-state index in [0.29, 0.717) is 16.5 Å². The molecule has 0 amide bonds. The molecule has 3 aromatic rings. The molecule has 0 atom stereocenters. The van der Waals surface area contributed by atoms with Gasteiger partial charge in [0.05, 0.1) is 17.6 Å². The third-order valence-corrected chi connectivity index (χ3v) is 4.79. The number of pyridine rings is 1. The van der Waals surface area contributed by atoms with Crippen LogP contribution >= 0.6 is 0 Å². The van der Waals surface area contributed by atoms with E-state index in [1.807, 2.05) is 0 Å². The number of hydrogen-bond donors (Lipinski definition) is 1. The lowest BCUT2D eigenvalue weighted by molar-refractivity contribution is 0.578. The Kier molecular flexibility index (Phi) is 3.93. The van der Waals surface area contributed by atoms with Gasteiger partial charge in [-0.05, 0) is 18.2 Å². The molecule has 7 nitrogen and oxygen atoms in total. The summed E-state index contributed by atoms with van der Waals surface area (Å²) in [6, 6.07) is 9.99. The molecule has 0 fully saturated rings. The van der Waals surface area contributed by atoms with E-state index in [-0.39, 0.29) is 17.0 Å². The number of rotatable bonds is 4. The first-order valence-corrected chi connectivity index (χ1v) is 8.32. The van der Waals surface area contributed by atoms with E-state index in [0.717, 1.165) is 0 Å². The van der Waals surface area contributed by atoms with Gasteiger partial charge in [-0.1, -0.05) is 18.2 Å². The molecular weight excluding hydrogens is 316 g/mol. The summed E-state index contributed by atoms with van der Waals surface area (Å²) in [5, 5.41) is 5.29. The maximum atomic E-state index is 12.2. The molecule has 3 rings (SSSR count). The van der Waals surface area contributed by atoms with Gasteiger partial charge in [-0.3, -0.25) is 9.78 Å². The minimum atomic E-state index is -3.69. The lowest BCUT2D eigenvalue weighted by atomic mass is 10.1. The lowest BCUT2D eigenvalue weighted by Gasteiger charge is -2.09. The van der Waals surface area contributed by atoms with Gasteiger partial charge < -0.3 is 0 Å². The van der Waals surface area contributed by atoms with E-state index in [1.54, 1.807) is 30.3 Å². The smallest absolute Gasteiger partial charge is 0.267 e. The van der Waals surface area contributed by atoms with Crippen molar-refractivity contribution in [3.63, 3.8) is 0 Å². The van der Waals surface area contributed by atoms with Crippen LogP contribution in [0.4, 0.5) is 0 Å². The topological polar surface area (TPSA) is 93.9 Å². The Bertz CT molecular complexity index is 1010. The van der Waals surface area contributed by atoms with Crippen LogP contribution in [-0.2, 0) is 23.6 Å². The maximum absolute atomic E-state index is 12.2. The predicted octanol–water partition coefficient (Wildman–Crippen LogP) is 0.807. The minimum absolute atomic E-state index is 0.0220. The van der Waals surface area contributed by atoms with Crippen molar-refractivity contribution in [3.8, 4) is 0 Å². The molecule has 0 spiro atoms. The Morgan fingerprint density at radius 3 is 2.57 bits per heavy atom. The molecule has 0 radical (unpaired) electrons. The summed E-state index contributed by atoms with van der Waals surface area (Å²) in [6.07, 6.45) is 2.77. The third-order valence-electron chi connectivity index (χ3n) is 3.41. The van der Waals surface area contributed by atoms with E-state index in [1.165, 1.54) is 30.2 Å². The van der Waals surface area contributed by atoms with Gasteiger partial charge in [-0.25, -0.2) is 17.8 Å². The van der Waals surface area contributed by atoms with Crippen LogP contribution in [0.3, 0.4) is 0 Å². The highest BCUT2D eigenvalue weighted by atomic mass is 32.2. The van der Waals surface area contributed by atoms with Crippen LogP contribution in [0, 0.1) is 0 Å². The van der Waals surface area contributed by atoms with Crippen molar-refractivity contribution in [1.29, 1.82) is 0 Å². The van der Waals surface area contributed by atoms with E-state index in [4.69, 9.17) is 0 Å². The summed E-state index contributed by atoms with van der Waals surface area (Å²) in [4.78, 5) is 15.9. The summed E-state index contributed by atoms with van der Waals surface area (Å²) in [5.41, 5.74) is 0.259. The second kappa shape index (κ2) is 5.90. The molecular formula is C15H14N4O3S. The number of fused-ring (bicyclic) bond motifs is 1. The molecule has 2 heterocycles. The van der Waals surface area contributed by atoms with Crippen molar-refractivity contribution < 1.29 is 8.42 Å². The number of hydrogen-bond acceptors (Lipinski definition) is 5. The van der Waals surface area contributed by atoms with E-state index < -0.39 is 10.0 Å². The maximum Gasteiger partial charge on any atom is 0.274 e. The molecule has 118 valence electrons. The average molecular weight is 330 g/mol. The fraction of sp³-hybridized carbons (Fsp3) is 0.133. The van der Waals surface area contributed by atoms with Gasteiger partial charge in [0, 0.05) is 24.8 Å². The first-order chi connectivity index (χ1) is 11.0. The van der Waals surface area contributed by atoms with Gasteiger partial charge in [0.1, 0.15) is 4.90 Å². The number of sulfonamides is 1. The first-order valence-electron chi connectivity index (χ1n) is 6.84. The normalized spacial score (nSPS) is 11.7. The van der Waals surface area contributed by atoms with E-state index in [2.05, 4.69) is 14.8 Å². The predicted molar refractivity (Wildman–Crippen MR) is 85.2 cm³/mol. The first kappa shape index (κ1) is 15.3. The largest absolute Gasteiger partial charge is 0.274 e. The molecule has 0 saturated carbocycles. The third kappa shape index (κ3) is 2.99. The fourth-order valence-electron chi connectivity index (χ4n) is 2.26. The number of nitrogens with zero attached hydrogens (tertiary/aromatic N) is 3. The van der Waals surface area contributed by atoms with Crippen molar-refractivity contribution in [1.82, 2.24) is 19.5 Å². The molecule has 2 aromatic heterocycles. The van der Waals surface area contributed by atoms with Gasteiger partial charge in [0.15, 0.2) is 0 Å². The summed E-state index contributed by atoms with van der Waals surface area (Å²) < 4.78 is 28.2. The Hall–Kier alpha value is -2.58. The molecule has 0 aliphatic rings. The molecule has 8 heteroatoms. The van der Waals surface area contributed by atoms with Gasteiger partial charge in [0.25, 0.3) is 5.56 Å². The minimum Gasteiger partial charge on any atom is -0.267 e. The van der Waals surface area contributed by atoms with Gasteiger partial charge in [0.2, 0.25) is 10.0 Å². The molecule has 1 aromatic carbocycles. The quantitative estimate of drug-likeness (QED) is 0.764. The van der Waals surface area contributed by atoms with Crippen molar-refractivity contribution >= 4 is 20.8 Å². The second-order valence-corrected chi connectivity index (χ2v) is 6.70. The zero-order chi connectivity index (χ0) is 16.4. The number of benzene rings is 1. The standard InChI is InChI=1S/C15H14N4O3S/c1-19-15(20)13-7-3-2-6-12(13)14(18-19)10-17-23(21,22)11-5-4-8-16-9-11/h2-9,17H,10H2,1H3. The van der Waals surface area contributed by atoms with Crippen LogP contribution < -0.4 is 10.3 Å². The SMILES string of the molecule is Cn1nc(CNS(=O)(=O)c2cccnc2)c2ccccc2c1=O. The van der Waals surface area contributed by atoms with Gasteiger partial charge in [-0.2, -0.15) is 5.10 Å². The number of nitrogens with one attached hydrogen (secondary N) is 1. The van der Waals surface area contributed by atoms with E-state index >= 15 is 0 Å². The molecule has 0 saturated heterocycles. The Morgan fingerprint density at radius 2 is 1.87 bits per heavy atom. The van der Waals surface area contributed by atoms with Gasteiger partial charge >= 0.3 is 0 Å². The Morgan fingerprint density at radius 1 is 1.13 bits per heavy atom. The summed E-state index contributed by atoms with van der Waals surface area (Å²) in [5.74, 6) is 0. The van der Waals surface area contributed by atoms with Crippen LogP contribution in [0.5, 0.6) is 0 Å². The Balaban J connectivity index is 1.97. The molecule has 0 aliphatic carbocycles. The van der Waals surface area contributed by atoms with Crippen LogP contribution in [0.2, 0.25) is 0 Å². The van der Waals surface area contributed by atoms with Crippen LogP contribution in [0.1, 0.15) is 5.69 Å².